The molecule has 0 amide bonds. The van der Waals surface area contributed by atoms with Crippen molar-refractivity contribution in [1.82, 2.24) is 4.98 Å². The Morgan fingerprint density at radius 1 is 0.833 bits per heavy atom. The van der Waals surface area contributed by atoms with E-state index in [0.29, 0.717) is 6.61 Å². The third-order valence-electron chi connectivity index (χ3n) is 5.75. The molecule has 0 bridgehead atoms. The van der Waals surface area contributed by atoms with Gasteiger partial charge in [-0.2, -0.15) is 0 Å². The first-order valence-electron chi connectivity index (χ1n) is 10.4. The average molecular weight is 434 g/mol. The summed E-state index contributed by atoms with van der Waals surface area (Å²) in [6.45, 7) is 7.59. The third kappa shape index (κ3) is 3.98. The van der Waals surface area contributed by atoms with Gasteiger partial charge in [0.05, 0.1) is 0 Å². The number of fused-ring (bicyclic) bond motifs is 1. The molecule has 2 nitrogen and oxygen atoms in total. The lowest BCUT2D eigenvalue weighted by Crippen LogP contribution is -2.66. The SMILES string of the molecule is CC(C)(C)[Si](OCCc1cc2cc(Cl)ccc2[nH]1)(c1ccccc1)c1ccccc1. The van der Waals surface area contributed by atoms with E-state index in [1.54, 1.807) is 0 Å². The van der Waals surface area contributed by atoms with Crippen LogP contribution < -0.4 is 10.4 Å². The van der Waals surface area contributed by atoms with E-state index in [1.165, 1.54) is 16.1 Å². The van der Waals surface area contributed by atoms with Crippen LogP contribution in [0.3, 0.4) is 0 Å². The summed E-state index contributed by atoms with van der Waals surface area (Å²) in [5, 5.41) is 4.52. The molecular weight excluding hydrogens is 406 g/mol. The molecule has 0 radical (unpaired) electrons. The van der Waals surface area contributed by atoms with Crippen molar-refractivity contribution in [3.8, 4) is 0 Å². The van der Waals surface area contributed by atoms with Gasteiger partial charge in [-0.1, -0.05) is 93.0 Å². The van der Waals surface area contributed by atoms with Crippen molar-refractivity contribution >= 4 is 41.2 Å². The Labute approximate surface area is 185 Å². The molecule has 0 saturated carbocycles. The Morgan fingerprint density at radius 3 is 2.00 bits per heavy atom. The van der Waals surface area contributed by atoms with E-state index < -0.39 is 8.32 Å². The number of aromatic nitrogens is 1. The molecule has 0 aliphatic carbocycles. The van der Waals surface area contributed by atoms with E-state index in [2.05, 4.69) is 92.5 Å². The van der Waals surface area contributed by atoms with Crippen molar-refractivity contribution in [2.45, 2.75) is 32.2 Å². The first-order valence-corrected chi connectivity index (χ1v) is 12.7. The zero-order valence-electron chi connectivity index (χ0n) is 17.8. The van der Waals surface area contributed by atoms with Crippen LogP contribution in [0, 0.1) is 0 Å². The van der Waals surface area contributed by atoms with Gasteiger partial charge in [-0.3, -0.25) is 0 Å². The van der Waals surface area contributed by atoms with Gasteiger partial charge in [-0.25, -0.2) is 0 Å². The van der Waals surface area contributed by atoms with Crippen molar-refractivity contribution in [3.63, 3.8) is 0 Å². The minimum Gasteiger partial charge on any atom is -0.407 e. The van der Waals surface area contributed by atoms with Gasteiger partial charge in [0.15, 0.2) is 0 Å². The third-order valence-corrected chi connectivity index (χ3v) is 11.0. The topological polar surface area (TPSA) is 25.0 Å². The second-order valence-corrected chi connectivity index (χ2v) is 13.5. The molecule has 0 fully saturated rings. The highest BCUT2D eigenvalue weighted by Crippen LogP contribution is 2.36. The predicted octanol–water partition coefficient (Wildman–Crippen LogP) is 5.94. The normalized spacial score (nSPS) is 12.4. The summed E-state index contributed by atoms with van der Waals surface area (Å²) in [5.41, 5.74) is 2.28. The Hall–Kier alpha value is -2.33. The summed E-state index contributed by atoms with van der Waals surface area (Å²) >= 11 is 6.14. The lowest BCUT2D eigenvalue weighted by atomic mass is 10.2. The fourth-order valence-corrected chi connectivity index (χ4v) is 9.12. The first kappa shape index (κ1) is 20.9. The minimum atomic E-state index is -2.49. The lowest BCUT2D eigenvalue weighted by Gasteiger charge is -2.43. The fraction of sp³-hybridized carbons (Fsp3) is 0.231. The van der Waals surface area contributed by atoms with Crippen molar-refractivity contribution in [3.05, 3.63) is 95.6 Å². The van der Waals surface area contributed by atoms with Gasteiger partial charge in [-0.15, -0.1) is 0 Å². The van der Waals surface area contributed by atoms with E-state index in [-0.39, 0.29) is 5.04 Å². The highest BCUT2D eigenvalue weighted by molar-refractivity contribution is 6.99. The largest absolute Gasteiger partial charge is 0.407 e. The van der Waals surface area contributed by atoms with Gasteiger partial charge in [0.2, 0.25) is 0 Å². The second kappa shape index (κ2) is 8.42. The van der Waals surface area contributed by atoms with Crippen molar-refractivity contribution in [1.29, 1.82) is 0 Å². The van der Waals surface area contributed by atoms with Crippen molar-refractivity contribution < 1.29 is 4.43 Å². The summed E-state index contributed by atoms with van der Waals surface area (Å²) in [7, 11) is -2.49. The zero-order valence-corrected chi connectivity index (χ0v) is 19.5. The van der Waals surface area contributed by atoms with Gasteiger partial charge in [-0.05, 0) is 39.7 Å². The summed E-state index contributed by atoms with van der Waals surface area (Å²) < 4.78 is 6.98. The molecule has 1 aromatic heterocycles. The Balaban J connectivity index is 1.67. The number of halogens is 1. The molecule has 30 heavy (non-hydrogen) atoms. The Kier molecular flexibility index (Phi) is 5.87. The van der Waals surface area contributed by atoms with Crippen LogP contribution in [-0.2, 0) is 10.8 Å². The van der Waals surface area contributed by atoms with Crippen LogP contribution in [-0.4, -0.2) is 19.9 Å². The van der Waals surface area contributed by atoms with Crippen molar-refractivity contribution in [2.75, 3.05) is 6.61 Å². The number of hydrogen-bond donors (Lipinski definition) is 1. The Bertz CT molecular complexity index is 1080. The minimum absolute atomic E-state index is 0.0102. The molecule has 4 rings (SSSR count). The standard InChI is InChI=1S/C26H28ClNOSi/c1-26(2,3)30(23-10-6-4-7-11-23,24-12-8-5-9-13-24)29-17-16-22-19-20-18-21(27)14-15-25(20)28-22/h4-15,18-19,28H,16-17H2,1-3H3. The molecule has 4 heteroatoms. The number of aromatic amines is 1. The van der Waals surface area contributed by atoms with Crippen LogP contribution >= 0.6 is 11.6 Å². The van der Waals surface area contributed by atoms with E-state index in [0.717, 1.165) is 22.3 Å². The molecular formula is C26H28ClNOSi. The van der Waals surface area contributed by atoms with Crippen LogP contribution in [0.25, 0.3) is 10.9 Å². The molecule has 154 valence electrons. The maximum atomic E-state index is 6.98. The number of rotatable bonds is 6. The maximum absolute atomic E-state index is 6.98. The van der Waals surface area contributed by atoms with Gasteiger partial charge < -0.3 is 9.41 Å². The van der Waals surface area contributed by atoms with Crippen LogP contribution in [0.1, 0.15) is 26.5 Å². The van der Waals surface area contributed by atoms with Crippen molar-refractivity contribution in [2.24, 2.45) is 0 Å². The molecule has 0 aliphatic rings. The maximum Gasteiger partial charge on any atom is 0.261 e. The first-order chi connectivity index (χ1) is 14.4. The summed E-state index contributed by atoms with van der Waals surface area (Å²) in [5.74, 6) is 0. The quantitative estimate of drug-likeness (QED) is 0.374. The molecule has 0 spiro atoms. The van der Waals surface area contributed by atoms with Crippen LogP contribution in [0.15, 0.2) is 84.9 Å². The predicted molar refractivity (Wildman–Crippen MR) is 131 cm³/mol. The molecule has 0 aliphatic heterocycles. The summed E-state index contributed by atoms with van der Waals surface area (Å²) in [6.07, 6.45) is 0.830. The lowest BCUT2D eigenvalue weighted by molar-refractivity contribution is 0.301. The summed E-state index contributed by atoms with van der Waals surface area (Å²) in [4.78, 5) is 3.50. The monoisotopic (exact) mass is 433 g/mol. The van der Waals surface area contributed by atoms with E-state index in [9.17, 15) is 0 Å². The van der Waals surface area contributed by atoms with Crippen LogP contribution in [0.4, 0.5) is 0 Å². The van der Waals surface area contributed by atoms with E-state index >= 15 is 0 Å². The molecule has 1 heterocycles. The summed E-state index contributed by atoms with van der Waals surface area (Å²) in [6, 6.07) is 29.7. The number of nitrogens with one attached hydrogen (secondary N) is 1. The number of hydrogen-bond acceptors (Lipinski definition) is 1. The highest BCUT2D eigenvalue weighted by atomic mass is 35.5. The molecule has 3 aromatic carbocycles. The van der Waals surface area contributed by atoms with Gasteiger partial charge >= 0.3 is 0 Å². The molecule has 0 saturated heterocycles. The van der Waals surface area contributed by atoms with Crippen LogP contribution in [0.5, 0.6) is 0 Å². The van der Waals surface area contributed by atoms with Crippen LogP contribution in [0.2, 0.25) is 10.1 Å². The average Bonchev–Trinajstić information content (AvgIpc) is 3.13. The van der Waals surface area contributed by atoms with E-state index in [4.69, 9.17) is 16.0 Å². The number of H-pyrrole nitrogens is 1. The van der Waals surface area contributed by atoms with Gasteiger partial charge in [0.25, 0.3) is 8.32 Å². The molecule has 4 aromatic rings. The smallest absolute Gasteiger partial charge is 0.261 e. The van der Waals surface area contributed by atoms with Gasteiger partial charge in [0.1, 0.15) is 0 Å². The fourth-order valence-electron chi connectivity index (χ4n) is 4.37. The zero-order chi connectivity index (χ0) is 21.2. The van der Waals surface area contributed by atoms with E-state index in [1.807, 2.05) is 18.2 Å². The highest BCUT2D eigenvalue weighted by Gasteiger charge is 2.49. The molecule has 1 N–H and O–H groups in total. The molecule has 0 unspecified atom stereocenters. The number of benzene rings is 3. The molecule has 0 atom stereocenters. The Morgan fingerprint density at radius 2 is 1.43 bits per heavy atom. The second-order valence-electron chi connectivity index (χ2n) is 8.79. The van der Waals surface area contributed by atoms with Gasteiger partial charge in [0, 0.05) is 34.6 Å².